The van der Waals surface area contributed by atoms with E-state index >= 15 is 0 Å². The molecule has 0 saturated carbocycles. The van der Waals surface area contributed by atoms with E-state index in [9.17, 15) is 0 Å². The highest BCUT2D eigenvalue weighted by molar-refractivity contribution is 5.51. The number of hydrogen-bond acceptors (Lipinski definition) is 6. The van der Waals surface area contributed by atoms with Crippen LogP contribution in [0.25, 0.3) is 11.4 Å². The summed E-state index contributed by atoms with van der Waals surface area (Å²) in [6.45, 7) is 2.59. The topological polar surface area (TPSA) is 64.3 Å². The molecule has 3 aromatic rings. The number of pyridine rings is 1. The zero-order valence-electron chi connectivity index (χ0n) is 13.9. The molecule has 1 saturated heterocycles. The first-order chi connectivity index (χ1) is 12.4. The summed E-state index contributed by atoms with van der Waals surface area (Å²) in [6, 6.07) is 13.8. The molecule has 6 nitrogen and oxygen atoms in total. The Hall–Kier alpha value is -2.73. The molecule has 2 aromatic heterocycles. The van der Waals surface area contributed by atoms with Gasteiger partial charge in [0.25, 0.3) is 0 Å². The number of nitrogens with zero attached hydrogens (tertiary/aromatic N) is 4. The van der Waals surface area contributed by atoms with E-state index in [-0.39, 0.29) is 6.10 Å². The van der Waals surface area contributed by atoms with Gasteiger partial charge < -0.3 is 9.26 Å². The quantitative estimate of drug-likeness (QED) is 0.713. The van der Waals surface area contributed by atoms with Crippen LogP contribution in [-0.2, 0) is 6.54 Å². The summed E-state index contributed by atoms with van der Waals surface area (Å²) in [5.74, 6) is 2.17. The zero-order chi connectivity index (χ0) is 16.9. The van der Waals surface area contributed by atoms with Gasteiger partial charge in [0.1, 0.15) is 11.9 Å². The summed E-state index contributed by atoms with van der Waals surface area (Å²) in [4.78, 5) is 10.9. The Balaban J connectivity index is 1.30. The average Bonchev–Trinajstić information content (AvgIpc) is 3.14. The van der Waals surface area contributed by atoms with Crippen LogP contribution >= 0.6 is 0 Å². The Morgan fingerprint density at radius 2 is 1.92 bits per heavy atom. The van der Waals surface area contributed by atoms with Crippen LogP contribution in [0.5, 0.6) is 5.75 Å². The van der Waals surface area contributed by atoms with Crippen molar-refractivity contribution in [3.05, 3.63) is 60.7 Å². The van der Waals surface area contributed by atoms with E-state index in [1.165, 1.54) is 0 Å². The largest absolute Gasteiger partial charge is 0.490 e. The van der Waals surface area contributed by atoms with Gasteiger partial charge in [-0.3, -0.25) is 9.88 Å². The highest BCUT2D eigenvalue weighted by atomic mass is 16.5. The van der Waals surface area contributed by atoms with Gasteiger partial charge in [-0.1, -0.05) is 23.4 Å². The van der Waals surface area contributed by atoms with Crippen LogP contribution in [-0.4, -0.2) is 39.2 Å². The molecule has 0 radical (unpaired) electrons. The number of para-hydroxylation sites is 1. The smallest absolute Gasteiger partial charge is 0.241 e. The average molecular weight is 336 g/mol. The Kier molecular flexibility index (Phi) is 4.70. The maximum Gasteiger partial charge on any atom is 0.241 e. The van der Waals surface area contributed by atoms with Gasteiger partial charge in [0.05, 0.1) is 6.54 Å². The van der Waals surface area contributed by atoms with Crippen LogP contribution in [0.1, 0.15) is 18.7 Å². The number of aromatic nitrogens is 3. The second-order valence-electron chi connectivity index (χ2n) is 6.16. The number of rotatable bonds is 5. The Morgan fingerprint density at radius 3 is 2.68 bits per heavy atom. The summed E-state index contributed by atoms with van der Waals surface area (Å²) >= 11 is 0. The highest BCUT2D eigenvalue weighted by Crippen LogP contribution is 2.20. The third-order valence-corrected chi connectivity index (χ3v) is 4.33. The second kappa shape index (κ2) is 7.44. The molecule has 0 atom stereocenters. The van der Waals surface area contributed by atoms with E-state index in [2.05, 4.69) is 20.0 Å². The van der Waals surface area contributed by atoms with Crippen molar-refractivity contribution < 1.29 is 9.26 Å². The number of ether oxygens (including phenoxy) is 1. The van der Waals surface area contributed by atoms with Gasteiger partial charge in [0, 0.05) is 31.0 Å². The normalized spacial score (nSPS) is 16.0. The van der Waals surface area contributed by atoms with Crippen LogP contribution < -0.4 is 4.74 Å². The molecule has 25 heavy (non-hydrogen) atoms. The van der Waals surface area contributed by atoms with Gasteiger partial charge in [-0.05, 0) is 37.1 Å². The molecule has 1 aromatic carbocycles. The first-order valence-electron chi connectivity index (χ1n) is 8.54. The minimum absolute atomic E-state index is 0.271. The first kappa shape index (κ1) is 15.8. The molecule has 0 bridgehead atoms. The highest BCUT2D eigenvalue weighted by Gasteiger charge is 2.22. The van der Waals surface area contributed by atoms with E-state index < -0.39 is 0 Å². The van der Waals surface area contributed by atoms with Crippen molar-refractivity contribution in [3.63, 3.8) is 0 Å². The summed E-state index contributed by atoms with van der Waals surface area (Å²) in [7, 11) is 0. The molecule has 0 amide bonds. The predicted octanol–water partition coefficient (Wildman–Crippen LogP) is 3.18. The van der Waals surface area contributed by atoms with E-state index in [4.69, 9.17) is 9.26 Å². The standard InChI is InChI=1S/C19H20N4O2/c1-2-6-16(7-3-1)24-17-8-11-23(12-9-17)14-18-21-19(22-25-18)15-5-4-10-20-13-15/h1-7,10,13,17H,8-9,11-12,14H2. The maximum absolute atomic E-state index is 6.03. The fourth-order valence-electron chi connectivity index (χ4n) is 3.00. The van der Waals surface area contributed by atoms with Crippen molar-refractivity contribution in [2.75, 3.05) is 13.1 Å². The van der Waals surface area contributed by atoms with Crippen LogP contribution in [0, 0.1) is 0 Å². The zero-order valence-corrected chi connectivity index (χ0v) is 13.9. The van der Waals surface area contributed by atoms with Crippen molar-refractivity contribution in [2.24, 2.45) is 0 Å². The molecule has 0 N–H and O–H groups in total. The Bertz CT molecular complexity index is 783. The molecular formula is C19H20N4O2. The van der Waals surface area contributed by atoms with Crippen molar-refractivity contribution in [1.29, 1.82) is 0 Å². The molecule has 0 aliphatic carbocycles. The molecule has 0 spiro atoms. The summed E-state index contributed by atoms with van der Waals surface area (Å²) in [5.41, 5.74) is 0.868. The van der Waals surface area contributed by atoms with Crippen LogP contribution in [0.15, 0.2) is 59.4 Å². The monoisotopic (exact) mass is 336 g/mol. The Labute approximate surface area is 146 Å². The van der Waals surface area contributed by atoms with Gasteiger partial charge in [0.15, 0.2) is 0 Å². The lowest BCUT2D eigenvalue weighted by Crippen LogP contribution is -2.37. The molecule has 128 valence electrons. The Morgan fingerprint density at radius 1 is 1.08 bits per heavy atom. The third-order valence-electron chi connectivity index (χ3n) is 4.33. The lowest BCUT2D eigenvalue weighted by molar-refractivity contribution is 0.0904. The minimum atomic E-state index is 0.271. The fraction of sp³-hybridized carbons (Fsp3) is 0.316. The van der Waals surface area contributed by atoms with Crippen molar-refractivity contribution in [1.82, 2.24) is 20.0 Å². The van der Waals surface area contributed by atoms with E-state index in [1.54, 1.807) is 12.4 Å². The second-order valence-corrected chi connectivity index (χ2v) is 6.16. The minimum Gasteiger partial charge on any atom is -0.490 e. The maximum atomic E-state index is 6.03. The van der Waals surface area contributed by atoms with Crippen molar-refractivity contribution in [2.45, 2.75) is 25.5 Å². The molecule has 3 heterocycles. The third kappa shape index (κ3) is 4.03. The molecule has 1 fully saturated rings. The lowest BCUT2D eigenvalue weighted by atomic mass is 10.1. The summed E-state index contributed by atoms with van der Waals surface area (Å²) in [5, 5.41) is 4.05. The number of piperidine rings is 1. The summed E-state index contributed by atoms with van der Waals surface area (Å²) in [6.07, 6.45) is 5.73. The number of likely N-dealkylation sites (tertiary alicyclic amines) is 1. The van der Waals surface area contributed by atoms with Crippen LogP contribution in [0.2, 0.25) is 0 Å². The van der Waals surface area contributed by atoms with Crippen LogP contribution in [0.3, 0.4) is 0 Å². The van der Waals surface area contributed by atoms with Gasteiger partial charge in [0.2, 0.25) is 11.7 Å². The molecular weight excluding hydrogens is 316 g/mol. The lowest BCUT2D eigenvalue weighted by Gasteiger charge is -2.31. The molecule has 6 heteroatoms. The fourth-order valence-corrected chi connectivity index (χ4v) is 3.00. The number of benzene rings is 1. The first-order valence-corrected chi connectivity index (χ1v) is 8.54. The van der Waals surface area contributed by atoms with Gasteiger partial charge in [-0.25, -0.2) is 0 Å². The van der Waals surface area contributed by atoms with E-state index in [0.29, 0.717) is 18.3 Å². The number of hydrogen-bond donors (Lipinski definition) is 0. The SMILES string of the molecule is c1ccc(OC2CCN(Cc3nc(-c4cccnc4)no3)CC2)cc1. The molecule has 0 unspecified atom stereocenters. The van der Waals surface area contributed by atoms with Crippen LogP contribution in [0.4, 0.5) is 0 Å². The van der Waals surface area contributed by atoms with Crippen molar-refractivity contribution >= 4 is 0 Å². The predicted molar refractivity (Wildman–Crippen MR) is 92.9 cm³/mol. The molecule has 4 rings (SSSR count). The molecule has 1 aliphatic rings. The van der Waals surface area contributed by atoms with E-state index in [0.717, 1.165) is 37.2 Å². The van der Waals surface area contributed by atoms with Crippen molar-refractivity contribution in [3.8, 4) is 17.1 Å². The van der Waals surface area contributed by atoms with Gasteiger partial charge in [-0.15, -0.1) is 0 Å². The van der Waals surface area contributed by atoms with Gasteiger partial charge >= 0.3 is 0 Å². The van der Waals surface area contributed by atoms with E-state index in [1.807, 2.05) is 42.5 Å². The molecule has 1 aliphatic heterocycles. The summed E-state index contributed by atoms with van der Waals surface area (Å²) < 4.78 is 11.4. The van der Waals surface area contributed by atoms with Gasteiger partial charge in [-0.2, -0.15) is 4.98 Å².